The first kappa shape index (κ1) is 22.2. The van der Waals surface area contributed by atoms with E-state index in [1.807, 2.05) is 19.9 Å². The standard InChI is InChI=1S/C23H20ClN5O4/c1-13-11-14(2)29(27-13)19-10-9-17(24)20(26-19)23(31)32-21(16-7-5-4-6-8-16)22(30)25-18-12-15(3)33-28-18/h4-12,21H,1-3H3,(H,25,28,30). The third kappa shape index (κ3) is 4.93. The van der Waals surface area contributed by atoms with Crippen LogP contribution in [0.25, 0.3) is 5.82 Å². The zero-order valence-corrected chi connectivity index (χ0v) is 18.8. The molecule has 1 atom stereocenters. The number of nitrogens with one attached hydrogen (secondary N) is 1. The lowest BCUT2D eigenvalue weighted by molar-refractivity contribution is -0.125. The van der Waals surface area contributed by atoms with Gasteiger partial charge in [-0.25, -0.2) is 14.5 Å². The molecule has 1 aromatic carbocycles. The number of rotatable bonds is 6. The van der Waals surface area contributed by atoms with Crippen LogP contribution in [0.5, 0.6) is 0 Å². The van der Waals surface area contributed by atoms with E-state index in [4.69, 9.17) is 20.9 Å². The molecule has 0 aliphatic rings. The predicted molar refractivity (Wildman–Crippen MR) is 120 cm³/mol. The summed E-state index contributed by atoms with van der Waals surface area (Å²) < 4.78 is 12.2. The fourth-order valence-electron chi connectivity index (χ4n) is 3.23. The van der Waals surface area contributed by atoms with Crippen LogP contribution in [0.2, 0.25) is 5.02 Å². The molecular weight excluding hydrogens is 446 g/mol. The molecule has 0 aliphatic carbocycles. The highest BCUT2D eigenvalue weighted by atomic mass is 35.5. The lowest BCUT2D eigenvalue weighted by Gasteiger charge is -2.17. The molecule has 168 valence electrons. The molecule has 0 aliphatic heterocycles. The summed E-state index contributed by atoms with van der Waals surface area (Å²) in [7, 11) is 0. The molecule has 0 radical (unpaired) electrons. The van der Waals surface area contributed by atoms with Gasteiger partial charge < -0.3 is 14.6 Å². The highest BCUT2D eigenvalue weighted by Gasteiger charge is 2.28. The number of ether oxygens (including phenoxy) is 1. The van der Waals surface area contributed by atoms with Crippen molar-refractivity contribution in [3.63, 3.8) is 0 Å². The highest BCUT2D eigenvalue weighted by Crippen LogP contribution is 2.24. The lowest BCUT2D eigenvalue weighted by atomic mass is 10.1. The Kier molecular flexibility index (Phi) is 6.23. The summed E-state index contributed by atoms with van der Waals surface area (Å²) in [5.74, 6) is -0.333. The second-order valence-corrected chi connectivity index (χ2v) is 7.75. The summed E-state index contributed by atoms with van der Waals surface area (Å²) >= 11 is 6.25. The number of hydrogen-bond donors (Lipinski definition) is 1. The molecule has 3 aromatic heterocycles. The summed E-state index contributed by atoms with van der Waals surface area (Å²) in [4.78, 5) is 30.4. The average Bonchev–Trinajstić information content (AvgIpc) is 3.36. The first-order chi connectivity index (χ1) is 15.8. The molecule has 0 saturated carbocycles. The Hall–Kier alpha value is -3.98. The van der Waals surface area contributed by atoms with Gasteiger partial charge >= 0.3 is 5.97 Å². The molecule has 0 spiro atoms. The van der Waals surface area contributed by atoms with E-state index < -0.39 is 18.0 Å². The first-order valence-corrected chi connectivity index (χ1v) is 10.4. The van der Waals surface area contributed by atoms with Crippen molar-refractivity contribution >= 4 is 29.3 Å². The van der Waals surface area contributed by atoms with Crippen LogP contribution in [0, 0.1) is 20.8 Å². The topological polar surface area (TPSA) is 112 Å². The number of anilines is 1. The molecule has 4 rings (SSSR count). The van der Waals surface area contributed by atoms with Crippen LogP contribution >= 0.6 is 11.6 Å². The number of halogens is 1. The number of hydrogen-bond acceptors (Lipinski definition) is 7. The summed E-state index contributed by atoms with van der Waals surface area (Å²) in [5, 5.41) is 10.8. The smallest absolute Gasteiger partial charge is 0.359 e. The SMILES string of the molecule is Cc1cc(C)n(-c2ccc(Cl)c(C(=O)OC(C(=O)Nc3cc(C)on3)c3ccccc3)n2)n1. The van der Waals surface area contributed by atoms with Crippen molar-refractivity contribution in [1.82, 2.24) is 19.9 Å². The maximum absolute atomic E-state index is 13.1. The molecule has 1 amide bonds. The van der Waals surface area contributed by atoms with E-state index in [2.05, 4.69) is 20.6 Å². The zero-order chi connectivity index (χ0) is 23.5. The molecule has 4 aromatic rings. The van der Waals surface area contributed by atoms with Gasteiger partial charge in [0.05, 0.1) is 10.7 Å². The molecule has 1 unspecified atom stereocenters. The lowest BCUT2D eigenvalue weighted by Crippen LogP contribution is -2.26. The fourth-order valence-corrected chi connectivity index (χ4v) is 3.42. The van der Waals surface area contributed by atoms with Gasteiger partial charge in [0, 0.05) is 17.3 Å². The van der Waals surface area contributed by atoms with Gasteiger partial charge in [0.1, 0.15) is 5.76 Å². The quantitative estimate of drug-likeness (QED) is 0.420. The average molecular weight is 466 g/mol. The van der Waals surface area contributed by atoms with Crippen molar-refractivity contribution in [1.29, 1.82) is 0 Å². The van der Waals surface area contributed by atoms with Gasteiger partial charge in [-0.1, -0.05) is 47.1 Å². The molecule has 3 heterocycles. The van der Waals surface area contributed by atoms with Crippen molar-refractivity contribution in [2.75, 3.05) is 5.32 Å². The van der Waals surface area contributed by atoms with Crippen molar-refractivity contribution in [2.24, 2.45) is 0 Å². The molecule has 0 saturated heterocycles. The van der Waals surface area contributed by atoms with Gasteiger partial charge in [0.25, 0.3) is 5.91 Å². The van der Waals surface area contributed by atoms with E-state index in [0.717, 1.165) is 11.4 Å². The highest BCUT2D eigenvalue weighted by molar-refractivity contribution is 6.33. The van der Waals surface area contributed by atoms with Crippen molar-refractivity contribution in [2.45, 2.75) is 26.9 Å². The summed E-state index contributed by atoms with van der Waals surface area (Å²) in [6.45, 7) is 5.42. The van der Waals surface area contributed by atoms with Crippen molar-refractivity contribution in [3.05, 3.63) is 88.0 Å². The number of carbonyl (C=O) groups excluding carboxylic acids is 2. The monoisotopic (exact) mass is 465 g/mol. The van der Waals surface area contributed by atoms with Gasteiger partial charge in [0.2, 0.25) is 6.10 Å². The fraction of sp³-hybridized carbons (Fsp3) is 0.174. The number of amides is 1. The number of pyridine rings is 1. The molecule has 9 nitrogen and oxygen atoms in total. The number of carbonyl (C=O) groups is 2. The van der Waals surface area contributed by atoms with Crippen LogP contribution in [-0.4, -0.2) is 31.8 Å². The normalized spacial score (nSPS) is 11.8. The van der Waals surface area contributed by atoms with Gasteiger partial charge in [-0.05, 0) is 39.0 Å². The summed E-state index contributed by atoms with van der Waals surface area (Å²) in [6, 6.07) is 15.2. The molecule has 33 heavy (non-hydrogen) atoms. The predicted octanol–water partition coefficient (Wildman–Crippen LogP) is 4.37. The number of aromatic nitrogens is 4. The molecule has 10 heteroatoms. The second-order valence-electron chi connectivity index (χ2n) is 7.35. The number of esters is 1. The second kappa shape index (κ2) is 9.25. The van der Waals surface area contributed by atoms with E-state index >= 15 is 0 Å². The van der Waals surface area contributed by atoms with Gasteiger partial charge in [-0.2, -0.15) is 5.10 Å². The third-order valence-electron chi connectivity index (χ3n) is 4.70. The molecule has 1 N–H and O–H groups in total. The maximum Gasteiger partial charge on any atom is 0.359 e. The minimum absolute atomic E-state index is 0.0876. The number of nitrogens with zero attached hydrogens (tertiary/aromatic N) is 4. The molecular formula is C23H20ClN5O4. The Balaban J connectivity index is 1.63. The maximum atomic E-state index is 13.1. The van der Waals surface area contributed by atoms with Gasteiger partial charge in [0.15, 0.2) is 17.3 Å². The van der Waals surface area contributed by atoms with Crippen LogP contribution in [0.1, 0.15) is 39.3 Å². The van der Waals surface area contributed by atoms with E-state index in [0.29, 0.717) is 17.1 Å². The Morgan fingerprint density at radius 1 is 1.09 bits per heavy atom. The van der Waals surface area contributed by atoms with Crippen LogP contribution in [0.4, 0.5) is 5.82 Å². The third-order valence-corrected chi connectivity index (χ3v) is 5.00. The summed E-state index contributed by atoms with van der Waals surface area (Å²) in [5.41, 5.74) is 1.98. The van der Waals surface area contributed by atoms with E-state index in [9.17, 15) is 9.59 Å². The zero-order valence-electron chi connectivity index (χ0n) is 18.1. The summed E-state index contributed by atoms with van der Waals surface area (Å²) in [6.07, 6.45) is -1.27. The Morgan fingerprint density at radius 3 is 2.48 bits per heavy atom. The molecule has 0 fully saturated rings. The first-order valence-electron chi connectivity index (χ1n) is 10.0. The van der Waals surface area contributed by atoms with E-state index in [1.54, 1.807) is 54.1 Å². The Labute approximate surface area is 194 Å². The van der Waals surface area contributed by atoms with Crippen LogP contribution < -0.4 is 5.32 Å². The Morgan fingerprint density at radius 2 is 1.85 bits per heavy atom. The van der Waals surface area contributed by atoms with Crippen molar-refractivity contribution in [3.8, 4) is 5.82 Å². The molecule has 0 bridgehead atoms. The van der Waals surface area contributed by atoms with Crippen LogP contribution in [-0.2, 0) is 9.53 Å². The number of aryl methyl sites for hydroxylation is 3. The van der Waals surface area contributed by atoms with Crippen LogP contribution in [0.15, 0.2) is 59.1 Å². The number of benzene rings is 1. The largest absolute Gasteiger partial charge is 0.443 e. The van der Waals surface area contributed by atoms with E-state index in [1.165, 1.54) is 6.07 Å². The van der Waals surface area contributed by atoms with Crippen molar-refractivity contribution < 1.29 is 18.8 Å². The Bertz CT molecular complexity index is 1320. The van der Waals surface area contributed by atoms with Gasteiger partial charge in [-0.3, -0.25) is 4.79 Å². The van der Waals surface area contributed by atoms with E-state index in [-0.39, 0.29) is 16.5 Å². The minimum atomic E-state index is -1.27. The minimum Gasteiger partial charge on any atom is -0.443 e. The van der Waals surface area contributed by atoms with Crippen LogP contribution in [0.3, 0.4) is 0 Å². The van der Waals surface area contributed by atoms with Gasteiger partial charge in [-0.15, -0.1) is 0 Å².